The number of hydrazine groups is 1. The highest BCUT2D eigenvalue weighted by Gasteiger charge is 2.05. The highest BCUT2D eigenvalue weighted by Crippen LogP contribution is 2.31. The molecule has 0 amide bonds. The van der Waals surface area contributed by atoms with Crippen LogP contribution < -0.4 is 11.3 Å². The van der Waals surface area contributed by atoms with Gasteiger partial charge in [0.2, 0.25) is 0 Å². The second-order valence-electron chi connectivity index (χ2n) is 2.20. The van der Waals surface area contributed by atoms with Crippen LogP contribution in [0.3, 0.4) is 0 Å². The zero-order valence-corrected chi connectivity index (χ0v) is 7.50. The number of halogens is 2. The van der Waals surface area contributed by atoms with Crippen molar-refractivity contribution < 1.29 is 0 Å². The van der Waals surface area contributed by atoms with E-state index in [-0.39, 0.29) is 0 Å². The van der Waals surface area contributed by atoms with E-state index in [0.29, 0.717) is 15.7 Å². The van der Waals surface area contributed by atoms with Crippen molar-refractivity contribution in [3.63, 3.8) is 0 Å². The first-order valence-electron chi connectivity index (χ1n) is 3.08. The van der Waals surface area contributed by atoms with Gasteiger partial charge in [0, 0.05) is 0 Å². The summed E-state index contributed by atoms with van der Waals surface area (Å²) in [6.45, 7) is 1.89. The van der Waals surface area contributed by atoms with E-state index in [4.69, 9.17) is 29.0 Å². The molecule has 4 heteroatoms. The lowest BCUT2D eigenvalue weighted by Gasteiger charge is -2.07. The van der Waals surface area contributed by atoms with Crippen LogP contribution in [-0.4, -0.2) is 0 Å². The Labute approximate surface area is 75.3 Å². The van der Waals surface area contributed by atoms with Crippen LogP contribution in [0, 0.1) is 6.92 Å². The standard InChI is InChI=1S/C7H8Cl2N2/c1-4-2-3-5(8)7(11-10)6(4)9/h2-3,11H,10H2,1H3. The highest BCUT2D eigenvalue weighted by atomic mass is 35.5. The lowest BCUT2D eigenvalue weighted by atomic mass is 10.2. The maximum Gasteiger partial charge on any atom is 0.0863 e. The predicted molar refractivity (Wildman–Crippen MR) is 49.0 cm³/mol. The number of hydrogen-bond donors (Lipinski definition) is 2. The van der Waals surface area contributed by atoms with Crippen molar-refractivity contribution in [3.8, 4) is 0 Å². The minimum Gasteiger partial charge on any atom is -0.321 e. The third-order valence-corrected chi connectivity index (χ3v) is 2.23. The van der Waals surface area contributed by atoms with Gasteiger partial charge in [-0.2, -0.15) is 0 Å². The zero-order valence-electron chi connectivity index (χ0n) is 5.99. The molecule has 0 atom stereocenters. The molecule has 0 aliphatic heterocycles. The molecule has 0 fully saturated rings. The van der Waals surface area contributed by atoms with Crippen molar-refractivity contribution in [2.75, 3.05) is 5.43 Å². The maximum absolute atomic E-state index is 5.87. The van der Waals surface area contributed by atoms with Crippen LogP contribution in [0.15, 0.2) is 12.1 Å². The fourth-order valence-corrected chi connectivity index (χ4v) is 1.27. The normalized spacial score (nSPS) is 9.82. The third kappa shape index (κ3) is 1.59. The number of benzene rings is 1. The van der Waals surface area contributed by atoms with E-state index in [2.05, 4.69) is 5.43 Å². The molecule has 11 heavy (non-hydrogen) atoms. The Balaban J connectivity index is 3.29. The summed E-state index contributed by atoms with van der Waals surface area (Å²) in [6, 6.07) is 3.59. The fourth-order valence-electron chi connectivity index (χ4n) is 0.789. The molecule has 60 valence electrons. The minimum absolute atomic E-state index is 0.531. The van der Waals surface area contributed by atoms with Gasteiger partial charge in [0.05, 0.1) is 15.7 Å². The average molecular weight is 191 g/mol. The van der Waals surface area contributed by atoms with Gasteiger partial charge in [-0.1, -0.05) is 29.3 Å². The van der Waals surface area contributed by atoms with Gasteiger partial charge in [0.25, 0.3) is 0 Å². The molecule has 0 radical (unpaired) electrons. The molecule has 0 heterocycles. The van der Waals surface area contributed by atoms with Crippen molar-refractivity contribution in [2.24, 2.45) is 5.84 Å². The lowest BCUT2D eigenvalue weighted by molar-refractivity contribution is 1.33. The number of anilines is 1. The number of nitrogens with two attached hydrogens (primary N) is 1. The van der Waals surface area contributed by atoms with Gasteiger partial charge >= 0.3 is 0 Å². The monoisotopic (exact) mass is 190 g/mol. The van der Waals surface area contributed by atoms with Gasteiger partial charge in [0.15, 0.2) is 0 Å². The first kappa shape index (κ1) is 8.65. The molecule has 0 aliphatic rings. The van der Waals surface area contributed by atoms with Crippen molar-refractivity contribution in [2.45, 2.75) is 6.92 Å². The van der Waals surface area contributed by atoms with Crippen LogP contribution in [-0.2, 0) is 0 Å². The molecule has 0 aliphatic carbocycles. The molecule has 3 N–H and O–H groups in total. The zero-order chi connectivity index (χ0) is 8.43. The van der Waals surface area contributed by atoms with Crippen LogP contribution in [0.2, 0.25) is 10.0 Å². The van der Waals surface area contributed by atoms with Gasteiger partial charge in [-0.25, -0.2) is 0 Å². The quantitative estimate of drug-likeness (QED) is 0.528. The maximum atomic E-state index is 5.87. The molecule has 0 saturated heterocycles. The van der Waals surface area contributed by atoms with Crippen molar-refractivity contribution >= 4 is 28.9 Å². The van der Waals surface area contributed by atoms with Crippen molar-refractivity contribution in [1.82, 2.24) is 0 Å². The summed E-state index contributed by atoms with van der Waals surface area (Å²) in [6.07, 6.45) is 0. The Morgan fingerprint density at radius 1 is 1.36 bits per heavy atom. The van der Waals surface area contributed by atoms with Crippen LogP contribution in [0.1, 0.15) is 5.56 Å². The molecular formula is C7H8Cl2N2. The van der Waals surface area contributed by atoms with Gasteiger partial charge < -0.3 is 5.43 Å². The van der Waals surface area contributed by atoms with Crippen LogP contribution in [0.4, 0.5) is 5.69 Å². The number of nitrogens with one attached hydrogen (secondary N) is 1. The van der Waals surface area contributed by atoms with Crippen LogP contribution in [0.25, 0.3) is 0 Å². The molecule has 0 bridgehead atoms. The van der Waals surface area contributed by atoms with Gasteiger partial charge in [-0.15, -0.1) is 0 Å². The minimum atomic E-state index is 0.531. The fraction of sp³-hybridized carbons (Fsp3) is 0.143. The Morgan fingerprint density at radius 3 is 2.45 bits per heavy atom. The van der Waals surface area contributed by atoms with Crippen molar-refractivity contribution in [3.05, 3.63) is 27.7 Å². The molecule has 1 aromatic carbocycles. The largest absolute Gasteiger partial charge is 0.321 e. The third-order valence-electron chi connectivity index (χ3n) is 1.43. The number of hydrogen-bond acceptors (Lipinski definition) is 2. The van der Waals surface area contributed by atoms with Crippen molar-refractivity contribution in [1.29, 1.82) is 0 Å². The Morgan fingerprint density at radius 2 is 2.00 bits per heavy atom. The van der Waals surface area contributed by atoms with E-state index in [0.717, 1.165) is 5.56 Å². The van der Waals surface area contributed by atoms with E-state index in [1.807, 2.05) is 13.0 Å². The highest BCUT2D eigenvalue weighted by molar-refractivity contribution is 6.39. The number of aryl methyl sites for hydroxylation is 1. The average Bonchev–Trinajstić information content (AvgIpc) is 1.99. The van der Waals surface area contributed by atoms with E-state index in [9.17, 15) is 0 Å². The van der Waals surface area contributed by atoms with Gasteiger partial charge in [-0.3, -0.25) is 5.84 Å². The first-order chi connectivity index (χ1) is 5.16. The molecule has 0 unspecified atom stereocenters. The summed E-state index contributed by atoms with van der Waals surface area (Å²) in [4.78, 5) is 0. The molecule has 0 spiro atoms. The molecular weight excluding hydrogens is 183 g/mol. The topological polar surface area (TPSA) is 38.0 Å². The Hall–Kier alpha value is -0.440. The Bertz CT molecular complexity index is 273. The smallest absolute Gasteiger partial charge is 0.0863 e. The molecule has 1 aromatic rings. The van der Waals surface area contributed by atoms with E-state index >= 15 is 0 Å². The summed E-state index contributed by atoms with van der Waals surface area (Å²) in [7, 11) is 0. The van der Waals surface area contributed by atoms with Crippen LogP contribution in [0.5, 0.6) is 0 Å². The SMILES string of the molecule is Cc1ccc(Cl)c(NN)c1Cl. The molecule has 1 rings (SSSR count). The van der Waals surface area contributed by atoms with Crippen LogP contribution >= 0.6 is 23.2 Å². The Kier molecular flexibility index (Phi) is 2.60. The second kappa shape index (κ2) is 3.30. The van der Waals surface area contributed by atoms with Gasteiger partial charge in [-0.05, 0) is 18.6 Å². The summed E-state index contributed by atoms with van der Waals surface area (Å²) in [5.74, 6) is 5.20. The van der Waals surface area contributed by atoms with E-state index in [1.54, 1.807) is 6.07 Å². The van der Waals surface area contributed by atoms with Gasteiger partial charge in [0.1, 0.15) is 0 Å². The number of nitrogen functional groups attached to an aromatic ring is 1. The summed E-state index contributed by atoms with van der Waals surface area (Å²) < 4.78 is 0. The first-order valence-corrected chi connectivity index (χ1v) is 3.83. The number of rotatable bonds is 1. The molecule has 0 saturated carbocycles. The molecule has 0 aromatic heterocycles. The summed E-state index contributed by atoms with van der Waals surface area (Å²) in [5.41, 5.74) is 3.97. The summed E-state index contributed by atoms with van der Waals surface area (Å²) in [5, 5.41) is 1.10. The lowest BCUT2D eigenvalue weighted by Crippen LogP contribution is -2.08. The van der Waals surface area contributed by atoms with E-state index in [1.165, 1.54) is 0 Å². The summed E-state index contributed by atoms with van der Waals surface area (Å²) >= 11 is 11.6. The second-order valence-corrected chi connectivity index (χ2v) is 2.98. The predicted octanol–water partition coefficient (Wildman–Crippen LogP) is 2.59. The van der Waals surface area contributed by atoms with E-state index < -0.39 is 0 Å². The molecule has 2 nitrogen and oxygen atoms in total.